The summed E-state index contributed by atoms with van der Waals surface area (Å²) < 4.78 is 77.2. The number of alkyl halides is 3. The molecule has 1 heterocycles. The lowest BCUT2D eigenvalue weighted by Gasteiger charge is -2.18. The molecule has 0 bridgehead atoms. The smallest absolute Gasteiger partial charge is 0.417 e. The molecule has 10 heteroatoms. The minimum absolute atomic E-state index is 0.0542. The first-order chi connectivity index (χ1) is 12.1. The van der Waals surface area contributed by atoms with Crippen molar-refractivity contribution in [2.75, 3.05) is 6.79 Å². The van der Waals surface area contributed by atoms with Crippen LogP contribution in [0.5, 0.6) is 11.5 Å². The van der Waals surface area contributed by atoms with Crippen molar-refractivity contribution in [1.82, 2.24) is 4.72 Å². The van der Waals surface area contributed by atoms with Crippen LogP contribution in [0.4, 0.5) is 13.2 Å². The summed E-state index contributed by atoms with van der Waals surface area (Å²) >= 11 is 5.59. The van der Waals surface area contributed by atoms with E-state index in [0.29, 0.717) is 23.1 Å². The molecule has 0 radical (unpaired) electrons. The van der Waals surface area contributed by atoms with Crippen molar-refractivity contribution in [3.8, 4) is 11.5 Å². The predicted molar refractivity (Wildman–Crippen MR) is 87.8 cm³/mol. The van der Waals surface area contributed by atoms with Crippen LogP contribution in [-0.2, 0) is 16.2 Å². The van der Waals surface area contributed by atoms with Crippen molar-refractivity contribution in [3.63, 3.8) is 0 Å². The highest BCUT2D eigenvalue weighted by atomic mass is 35.5. The zero-order valence-corrected chi connectivity index (χ0v) is 14.9. The Balaban J connectivity index is 1.92. The standard InChI is InChI=1S/C16H13ClF3NO4S/c1-9(10-2-4-13-14(6-10)25-8-24-13)21-26(22,23)15-5-3-11(17)7-12(15)16(18,19)20/h2-7,9,21H,8H2,1H3. The van der Waals surface area contributed by atoms with Crippen molar-refractivity contribution < 1.29 is 31.1 Å². The van der Waals surface area contributed by atoms with E-state index >= 15 is 0 Å². The van der Waals surface area contributed by atoms with Crippen LogP contribution in [0, 0.1) is 0 Å². The molecule has 140 valence electrons. The van der Waals surface area contributed by atoms with E-state index < -0.39 is 32.7 Å². The van der Waals surface area contributed by atoms with Crippen molar-refractivity contribution in [3.05, 3.63) is 52.5 Å². The first kappa shape index (κ1) is 18.8. The van der Waals surface area contributed by atoms with Gasteiger partial charge in [-0.25, -0.2) is 13.1 Å². The molecule has 0 fully saturated rings. The molecule has 1 atom stereocenters. The molecule has 5 nitrogen and oxygen atoms in total. The molecule has 1 aliphatic rings. The number of hydrogen-bond donors (Lipinski definition) is 1. The third kappa shape index (κ3) is 3.74. The Hall–Kier alpha value is -1.97. The fourth-order valence-electron chi connectivity index (χ4n) is 2.50. The second-order valence-corrected chi connectivity index (χ2v) is 7.71. The second-order valence-electron chi connectivity index (χ2n) is 5.59. The number of rotatable bonds is 4. The van der Waals surface area contributed by atoms with Crippen molar-refractivity contribution in [1.29, 1.82) is 0 Å². The minimum atomic E-state index is -4.86. The van der Waals surface area contributed by atoms with Gasteiger partial charge in [-0.2, -0.15) is 13.2 Å². The first-order valence-corrected chi connectivity index (χ1v) is 9.23. The second kappa shape index (κ2) is 6.64. The Morgan fingerprint density at radius 2 is 1.81 bits per heavy atom. The Morgan fingerprint density at radius 3 is 2.50 bits per heavy atom. The van der Waals surface area contributed by atoms with Gasteiger partial charge >= 0.3 is 6.18 Å². The van der Waals surface area contributed by atoms with Crippen LogP contribution in [0.3, 0.4) is 0 Å². The number of benzene rings is 2. The maximum absolute atomic E-state index is 13.2. The fraction of sp³-hybridized carbons (Fsp3) is 0.250. The summed E-state index contributed by atoms with van der Waals surface area (Å²) in [5.41, 5.74) is -0.810. The Labute approximate surface area is 152 Å². The van der Waals surface area contributed by atoms with Gasteiger partial charge in [-0.05, 0) is 42.8 Å². The fourth-order valence-corrected chi connectivity index (χ4v) is 4.12. The van der Waals surface area contributed by atoms with E-state index in [1.165, 1.54) is 6.92 Å². The summed E-state index contributed by atoms with van der Waals surface area (Å²) in [7, 11) is -4.45. The largest absolute Gasteiger partial charge is 0.454 e. The highest BCUT2D eigenvalue weighted by Gasteiger charge is 2.38. The van der Waals surface area contributed by atoms with Crippen LogP contribution in [0.25, 0.3) is 0 Å². The molecule has 26 heavy (non-hydrogen) atoms. The maximum Gasteiger partial charge on any atom is 0.417 e. The highest BCUT2D eigenvalue weighted by Crippen LogP contribution is 2.37. The molecule has 3 rings (SSSR count). The number of fused-ring (bicyclic) bond motifs is 1. The van der Waals surface area contributed by atoms with Gasteiger partial charge < -0.3 is 9.47 Å². The van der Waals surface area contributed by atoms with E-state index in [2.05, 4.69) is 4.72 Å². The molecule has 0 saturated heterocycles. The van der Waals surface area contributed by atoms with Gasteiger partial charge in [0.1, 0.15) is 0 Å². The molecule has 0 amide bonds. The van der Waals surface area contributed by atoms with Crippen LogP contribution in [0.1, 0.15) is 24.1 Å². The zero-order chi connectivity index (χ0) is 19.1. The van der Waals surface area contributed by atoms with E-state index in [4.69, 9.17) is 21.1 Å². The van der Waals surface area contributed by atoms with Gasteiger partial charge in [0.05, 0.1) is 10.5 Å². The Morgan fingerprint density at radius 1 is 1.12 bits per heavy atom. The van der Waals surface area contributed by atoms with Gasteiger partial charge in [0.15, 0.2) is 11.5 Å². The third-order valence-corrected chi connectivity index (χ3v) is 5.60. The topological polar surface area (TPSA) is 64.6 Å². The molecule has 0 aliphatic carbocycles. The maximum atomic E-state index is 13.2. The summed E-state index contributed by atoms with van der Waals surface area (Å²) in [6.45, 7) is 1.57. The van der Waals surface area contributed by atoms with Gasteiger partial charge in [0.25, 0.3) is 0 Å². The van der Waals surface area contributed by atoms with E-state index in [-0.39, 0.29) is 11.8 Å². The third-order valence-electron chi connectivity index (χ3n) is 3.77. The van der Waals surface area contributed by atoms with Crippen LogP contribution in [0.15, 0.2) is 41.3 Å². The van der Waals surface area contributed by atoms with E-state index in [1.54, 1.807) is 18.2 Å². The van der Waals surface area contributed by atoms with Crippen molar-refractivity contribution in [2.24, 2.45) is 0 Å². The Kier molecular flexibility index (Phi) is 4.80. The molecule has 0 spiro atoms. The van der Waals surface area contributed by atoms with Gasteiger partial charge in [0, 0.05) is 11.1 Å². The first-order valence-electron chi connectivity index (χ1n) is 7.36. The predicted octanol–water partition coefficient (Wildman–Crippen LogP) is 4.13. The number of nitrogens with one attached hydrogen (secondary N) is 1. The quantitative estimate of drug-likeness (QED) is 0.827. The van der Waals surface area contributed by atoms with Gasteiger partial charge in [-0.15, -0.1) is 0 Å². The van der Waals surface area contributed by atoms with Crippen molar-refractivity contribution in [2.45, 2.75) is 24.0 Å². The van der Waals surface area contributed by atoms with Crippen LogP contribution in [-0.4, -0.2) is 15.2 Å². The molecule has 2 aromatic rings. The SMILES string of the molecule is CC(NS(=O)(=O)c1ccc(Cl)cc1C(F)(F)F)c1ccc2c(c1)OCO2. The average Bonchev–Trinajstić information content (AvgIpc) is 3.00. The van der Waals surface area contributed by atoms with Gasteiger partial charge in [-0.1, -0.05) is 17.7 Å². The molecule has 2 aromatic carbocycles. The monoisotopic (exact) mass is 407 g/mol. The normalized spacial score (nSPS) is 15.1. The summed E-state index contributed by atoms with van der Waals surface area (Å²) in [4.78, 5) is -0.887. The summed E-state index contributed by atoms with van der Waals surface area (Å²) in [6.07, 6.45) is -4.86. The molecule has 1 unspecified atom stereocenters. The molecule has 0 saturated carbocycles. The average molecular weight is 408 g/mol. The summed E-state index contributed by atoms with van der Waals surface area (Å²) in [5, 5.41) is -0.208. The summed E-state index contributed by atoms with van der Waals surface area (Å²) in [5.74, 6) is 0.955. The number of halogens is 4. The molecular weight excluding hydrogens is 395 g/mol. The Bertz CT molecular complexity index is 947. The number of hydrogen-bond acceptors (Lipinski definition) is 4. The molecule has 1 N–H and O–H groups in total. The van der Waals surface area contributed by atoms with Crippen molar-refractivity contribution >= 4 is 21.6 Å². The lowest BCUT2D eigenvalue weighted by Crippen LogP contribution is -2.29. The van der Waals surface area contributed by atoms with E-state index in [1.807, 2.05) is 0 Å². The van der Waals surface area contributed by atoms with E-state index in [9.17, 15) is 21.6 Å². The number of sulfonamides is 1. The zero-order valence-electron chi connectivity index (χ0n) is 13.3. The van der Waals surface area contributed by atoms with Crippen LogP contribution < -0.4 is 14.2 Å². The lowest BCUT2D eigenvalue weighted by atomic mass is 10.1. The molecular formula is C16H13ClF3NO4S. The minimum Gasteiger partial charge on any atom is -0.454 e. The van der Waals surface area contributed by atoms with Gasteiger partial charge in [0.2, 0.25) is 16.8 Å². The molecule has 1 aliphatic heterocycles. The van der Waals surface area contributed by atoms with Crippen LogP contribution in [0.2, 0.25) is 5.02 Å². The summed E-state index contributed by atoms with van der Waals surface area (Å²) in [6, 6.07) is 6.49. The number of ether oxygens (including phenoxy) is 2. The van der Waals surface area contributed by atoms with E-state index in [0.717, 1.165) is 12.1 Å². The lowest BCUT2D eigenvalue weighted by molar-refractivity contribution is -0.139. The highest BCUT2D eigenvalue weighted by molar-refractivity contribution is 7.89. The van der Waals surface area contributed by atoms with Gasteiger partial charge in [-0.3, -0.25) is 0 Å². The molecule has 0 aromatic heterocycles. The van der Waals surface area contributed by atoms with Crippen LogP contribution >= 0.6 is 11.6 Å².